The van der Waals surface area contributed by atoms with Gasteiger partial charge in [0.25, 0.3) is 0 Å². The number of allylic oxidation sites excluding steroid dienone is 2. The molecule has 3 nitrogen and oxygen atoms in total. The Bertz CT molecular complexity index is 262. The van der Waals surface area contributed by atoms with Gasteiger partial charge in [0.1, 0.15) is 0 Å². The molecule has 0 aromatic heterocycles. The lowest BCUT2D eigenvalue weighted by molar-refractivity contribution is -0.137. The van der Waals surface area contributed by atoms with Crippen LogP contribution < -0.4 is 0 Å². The van der Waals surface area contributed by atoms with E-state index >= 15 is 0 Å². The monoisotopic (exact) mass is 328 g/mol. The zero-order chi connectivity index (χ0) is 16.3. The van der Waals surface area contributed by atoms with Crippen molar-refractivity contribution < 1.29 is 15.4 Å². The molecule has 0 aromatic carbocycles. The molecule has 0 amide bonds. The van der Waals surface area contributed by atoms with E-state index in [1.54, 1.807) is 0 Å². The van der Waals surface area contributed by atoms with E-state index in [2.05, 4.69) is 19.1 Å². The van der Waals surface area contributed by atoms with Gasteiger partial charge in [0.15, 0.2) is 0 Å². The third kappa shape index (κ3) is 23.6. The molecule has 0 spiro atoms. The van der Waals surface area contributed by atoms with Gasteiger partial charge in [0.05, 0.1) is 0 Å². The maximum absolute atomic E-state index is 10.4. The first-order valence-electron chi connectivity index (χ1n) is 9.64. The average Bonchev–Trinajstić information content (AvgIpc) is 2.50. The first-order valence-corrected chi connectivity index (χ1v) is 9.64. The minimum absolute atomic E-state index is 0. The van der Waals surface area contributed by atoms with Crippen molar-refractivity contribution in [1.29, 1.82) is 0 Å². The number of rotatable bonds is 17. The summed E-state index contributed by atoms with van der Waals surface area (Å²) < 4.78 is 0. The van der Waals surface area contributed by atoms with Crippen LogP contribution in [0.15, 0.2) is 12.2 Å². The van der Waals surface area contributed by atoms with E-state index in [0.29, 0.717) is 6.42 Å². The molecule has 3 heteroatoms. The van der Waals surface area contributed by atoms with E-state index in [0.717, 1.165) is 12.8 Å². The molecule has 0 radical (unpaired) electrons. The van der Waals surface area contributed by atoms with E-state index in [4.69, 9.17) is 5.11 Å². The molecule has 0 bridgehead atoms. The van der Waals surface area contributed by atoms with Gasteiger partial charge >= 0.3 is 5.97 Å². The zero-order valence-corrected chi connectivity index (χ0v) is 15.3. The van der Waals surface area contributed by atoms with Crippen molar-refractivity contribution in [3.05, 3.63) is 12.2 Å². The molecule has 0 aromatic rings. The lowest BCUT2D eigenvalue weighted by Gasteiger charge is -2.00. The number of hydrogen-bond acceptors (Lipinski definition) is 1. The molecule has 0 atom stereocenters. The van der Waals surface area contributed by atoms with Gasteiger partial charge in [-0.3, -0.25) is 4.79 Å². The minimum Gasteiger partial charge on any atom is -0.481 e. The van der Waals surface area contributed by atoms with Crippen molar-refractivity contribution in [3.8, 4) is 0 Å². The van der Waals surface area contributed by atoms with Crippen molar-refractivity contribution in [2.45, 2.75) is 110 Å². The third-order valence-electron chi connectivity index (χ3n) is 4.15. The Labute approximate surface area is 143 Å². The Balaban J connectivity index is 0. The number of hydrogen-bond donors (Lipinski definition) is 1. The van der Waals surface area contributed by atoms with Crippen LogP contribution in [-0.4, -0.2) is 16.6 Å². The van der Waals surface area contributed by atoms with Crippen molar-refractivity contribution in [1.82, 2.24) is 0 Å². The van der Waals surface area contributed by atoms with Crippen LogP contribution in [0.1, 0.15) is 110 Å². The molecule has 0 fully saturated rings. The van der Waals surface area contributed by atoms with Gasteiger partial charge < -0.3 is 10.6 Å². The molecule has 0 heterocycles. The van der Waals surface area contributed by atoms with Gasteiger partial charge in [-0.05, 0) is 32.1 Å². The maximum atomic E-state index is 10.4. The fourth-order valence-corrected chi connectivity index (χ4v) is 2.70. The average molecular weight is 329 g/mol. The highest BCUT2D eigenvalue weighted by Crippen LogP contribution is 2.11. The summed E-state index contributed by atoms with van der Waals surface area (Å²) in [5.41, 5.74) is 0. The SMILES string of the molecule is CCCCCCCCCCC=CCCCCCCCC(=O)O.O. The molecular weight excluding hydrogens is 288 g/mol. The van der Waals surface area contributed by atoms with Gasteiger partial charge in [0.2, 0.25) is 0 Å². The van der Waals surface area contributed by atoms with Crippen LogP contribution in [-0.2, 0) is 4.79 Å². The van der Waals surface area contributed by atoms with Crippen molar-refractivity contribution in [2.24, 2.45) is 0 Å². The van der Waals surface area contributed by atoms with Crippen molar-refractivity contribution >= 4 is 5.97 Å². The summed E-state index contributed by atoms with van der Waals surface area (Å²) in [5, 5.41) is 8.53. The van der Waals surface area contributed by atoms with Crippen LogP contribution in [0.4, 0.5) is 0 Å². The highest BCUT2D eigenvalue weighted by molar-refractivity contribution is 5.66. The Hall–Kier alpha value is -0.830. The van der Waals surface area contributed by atoms with E-state index < -0.39 is 5.97 Å². The highest BCUT2D eigenvalue weighted by atomic mass is 16.4. The Morgan fingerprint density at radius 2 is 1.09 bits per heavy atom. The fourth-order valence-electron chi connectivity index (χ4n) is 2.70. The van der Waals surface area contributed by atoms with Crippen LogP contribution in [0.5, 0.6) is 0 Å². The normalized spacial score (nSPS) is 10.8. The van der Waals surface area contributed by atoms with E-state index in [1.165, 1.54) is 83.5 Å². The standard InChI is InChI=1S/C20H38O2.H2O/c1-2-3-4-5-6-7-8-9-10-11-12-13-14-15-16-17-18-19-20(21)22;/h11-12H,2-10,13-19H2,1H3,(H,21,22);1H2. The quantitative estimate of drug-likeness (QED) is 0.260. The predicted octanol–water partition coefficient (Wildman–Crippen LogP) is 6.06. The molecule has 0 saturated heterocycles. The first-order chi connectivity index (χ1) is 10.8. The number of carboxylic acids is 1. The Morgan fingerprint density at radius 1 is 0.696 bits per heavy atom. The fraction of sp³-hybridized carbons (Fsp3) is 0.850. The zero-order valence-electron chi connectivity index (χ0n) is 15.3. The number of carboxylic acid groups (broad SMARTS) is 1. The van der Waals surface area contributed by atoms with Crippen LogP contribution >= 0.6 is 0 Å². The summed E-state index contributed by atoms with van der Waals surface area (Å²) in [6, 6.07) is 0. The summed E-state index contributed by atoms with van der Waals surface area (Å²) in [5.74, 6) is -0.663. The molecule has 3 N–H and O–H groups in total. The second kappa shape index (κ2) is 21.2. The molecule has 0 aliphatic rings. The maximum Gasteiger partial charge on any atom is 0.303 e. The summed E-state index contributed by atoms with van der Waals surface area (Å²) in [7, 11) is 0. The molecule has 0 aliphatic heterocycles. The van der Waals surface area contributed by atoms with Crippen LogP contribution in [0, 0.1) is 0 Å². The summed E-state index contributed by atoms with van der Waals surface area (Å²) >= 11 is 0. The number of unbranched alkanes of at least 4 members (excludes halogenated alkanes) is 13. The molecule has 138 valence electrons. The first kappa shape index (κ1) is 24.4. The van der Waals surface area contributed by atoms with Crippen LogP contribution in [0.2, 0.25) is 0 Å². The minimum atomic E-state index is -0.663. The van der Waals surface area contributed by atoms with E-state index in [9.17, 15) is 4.79 Å². The summed E-state index contributed by atoms with van der Waals surface area (Å²) in [6.45, 7) is 2.27. The molecule has 0 unspecified atom stereocenters. The lowest BCUT2D eigenvalue weighted by atomic mass is 10.1. The summed E-state index contributed by atoms with van der Waals surface area (Å²) in [4.78, 5) is 10.4. The third-order valence-corrected chi connectivity index (χ3v) is 4.15. The second-order valence-corrected chi connectivity index (χ2v) is 6.44. The van der Waals surface area contributed by atoms with Crippen molar-refractivity contribution in [2.75, 3.05) is 0 Å². The van der Waals surface area contributed by atoms with Gasteiger partial charge in [-0.2, -0.15) is 0 Å². The van der Waals surface area contributed by atoms with Crippen molar-refractivity contribution in [3.63, 3.8) is 0 Å². The van der Waals surface area contributed by atoms with E-state index in [-0.39, 0.29) is 5.48 Å². The highest BCUT2D eigenvalue weighted by Gasteiger charge is 1.95. The van der Waals surface area contributed by atoms with Crippen LogP contribution in [0.3, 0.4) is 0 Å². The van der Waals surface area contributed by atoms with Crippen LogP contribution in [0.25, 0.3) is 0 Å². The molecule has 0 saturated carbocycles. The smallest absolute Gasteiger partial charge is 0.303 e. The van der Waals surface area contributed by atoms with Gasteiger partial charge in [-0.25, -0.2) is 0 Å². The summed E-state index contributed by atoms with van der Waals surface area (Å²) in [6.07, 6.45) is 24.2. The molecule has 0 rings (SSSR count). The van der Waals surface area contributed by atoms with Gasteiger partial charge in [0, 0.05) is 6.42 Å². The number of aliphatic carboxylic acids is 1. The lowest BCUT2D eigenvalue weighted by Crippen LogP contribution is -1.93. The van der Waals surface area contributed by atoms with Gasteiger partial charge in [-0.1, -0.05) is 83.3 Å². The molecule has 23 heavy (non-hydrogen) atoms. The molecule has 0 aliphatic carbocycles. The molecular formula is C20H40O3. The Morgan fingerprint density at radius 3 is 1.52 bits per heavy atom. The largest absolute Gasteiger partial charge is 0.481 e. The Kier molecular flexibility index (Phi) is 22.5. The van der Waals surface area contributed by atoms with E-state index in [1.807, 2.05) is 0 Å². The van der Waals surface area contributed by atoms with Gasteiger partial charge in [-0.15, -0.1) is 0 Å². The topological polar surface area (TPSA) is 68.8 Å². The number of carbonyl (C=O) groups is 1. The predicted molar refractivity (Wildman–Crippen MR) is 99.9 cm³/mol. The second-order valence-electron chi connectivity index (χ2n) is 6.44.